The SMILES string of the molecule is CC.Cc1cc(C)nc(Br)c1. The van der Waals surface area contributed by atoms with Crippen molar-refractivity contribution in [3.8, 4) is 0 Å². The summed E-state index contributed by atoms with van der Waals surface area (Å²) in [6.45, 7) is 8.04. The van der Waals surface area contributed by atoms with Gasteiger partial charge in [-0.3, -0.25) is 0 Å². The van der Waals surface area contributed by atoms with Crippen LogP contribution in [0.2, 0.25) is 0 Å². The molecule has 0 aromatic carbocycles. The average molecular weight is 216 g/mol. The predicted octanol–water partition coefficient (Wildman–Crippen LogP) is 3.49. The molecule has 0 amide bonds. The van der Waals surface area contributed by atoms with Crippen LogP contribution < -0.4 is 0 Å². The molecular weight excluding hydrogens is 202 g/mol. The minimum Gasteiger partial charge on any atom is -0.246 e. The van der Waals surface area contributed by atoms with Gasteiger partial charge in [0, 0.05) is 5.69 Å². The molecule has 11 heavy (non-hydrogen) atoms. The van der Waals surface area contributed by atoms with Crippen LogP contribution in [0.3, 0.4) is 0 Å². The molecule has 0 unspecified atom stereocenters. The second kappa shape index (κ2) is 5.30. The quantitative estimate of drug-likeness (QED) is 0.605. The van der Waals surface area contributed by atoms with Gasteiger partial charge in [-0.2, -0.15) is 0 Å². The molecule has 1 rings (SSSR count). The van der Waals surface area contributed by atoms with Crippen molar-refractivity contribution in [1.29, 1.82) is 0 Å². The lowest BCUT2D eigenvalue weighted by Gasteiger charge is -1.94. The van der Waals surface area contributed by atoms with Crippen molar-refractivity contribution in [2.45, 2.75) is 27.7 Å². The van der Waals surface area contributed by atoms with Gasteiger partial charge in [0.05, 0.1) is 0 Å². The largest absolute Gasteiger partial charge is 0.246 e. The summed E-state index contributed by atoms with van der Waals surface area (Å²) in [7, 11) is 0. The monoisotopic (exact) mass is 215 g/mol. The molecule has 0 N–H and O–H groups in total. The number of hydrogen-bond acceptors (Lipinski definition) is 1. The molecule has 1 heterocycles. The van der Waals surface area contributed by atoms with Crippen molar-refractivity contribution in [3.63, 3.8) is 0 Å². The molecule has 1 aromatic heterocycles. The molecule has 0 aliphatic carbocycles. The lowest BCUT2D eigenvalue weighted by atomic mass is 10.3. The van der Waals surface area contributed by atoms with Crippen LogP contribution in [0.25, 0.3) is 0 Å². The summed E-state index contributed by atoms with van der Waals surface area (Å²) in [5, 5.41) is 0. The number of aromatic nitrogens is 1. The molecule has 0 saturated carbocycles. The first-order chi connectivity index (χ1) is 5.18. The smallest absolute Gasteiger partial charge is 0.106 e. The third kappa shape index (κ3) is 4.14. The topological polar surface area (TPSA) is 12.9 Å². The molecule has 1 aromatic rings. The Morgan fingerprint density at radius 1 is 1.18 bits per heavy atom. The van der Waals surface area contributed by atoms with Crippen LogP contribution in [0, 0.1) is 13.8 Å². The van der Waals surface area contributed by atoms with Crippen molar-refractivity contribution in [2.24, 2.45) is 0 Å². The second-order valence-corrected chi connectivity index (χ2v) is 2.92. The molecule has 0 radical (unpaired) electrons. The van der Waals surface area contributed by atoms with Gasteiger partial charge >= 0.3 is 0 Å². The zero-order valence-corrected chi connectivity index (χ0v) is 9.07. The van der Waals surface area contributed by atoms with Gasteiger partial charge in [-0.05, 0) is 47.5 Å². The standard InChI is InChI=1S/C7H8BrN.C2H6/c1-5-3-6(2)9-7(8)4-5;1-2/h3-4H,1-2H3;1-2H3. The number of hydrogen-bond donors (Lipinski definition) is 0. The lowest BCUT2D eigenvalue weighted by Crippen LogP contribution is -1.82. The Kier molecular flexibility index (Phi) is 5.12. The average Bonchev–Trinajstić information content (AvgIpc) is 1.88. The summed E-state index contributed by atoms with van der Waals surface area (Å²) in [6, 6.07) is 4.04. The summed E-state index contributed by atoms with van der Waals surface area (Å²) in [4.78, 5) is 4.15. The first-order valence-electron chi connectivity index (χ1n) is 3.79. The summed E-state index contributed by atoms with van der Waals surface area (Å²) in [5.74, 6) is 0. The van der Waals surface area contributed by atoms with Crippen molar-refractivity contribution >= 4 is 15.9 Å². The van der Waals surface area contributed by atoms with Gasteiger partial charge < -0.3 is 0 Å². The Bertz CT molecular complexity index is 170. The van der Waals surface area contributed by atoms with Crippen LogP contribution in [0.15, 0.2) is 16.7 Å². The molecule has 1 nitrogen and oxygen atoms in total. The van der Waals surface area contributed by atoms with Crippen molar-refractivity contribution in [3.05, 3.63) is 28.0 Å². The first-order valence-corrected chi connectivity index (χ1v) is 4.58. The van der Waals surface area contributed by atoms with Gasteiger partial charge in [0.1, 0.15) is 4.60 Å². The van der Waals surface area contributed by atoms with E-state index in [1.165, 1.54) is 5.56 Å². The number of halogens is 1. The highest BCUT2D eigenvalue weighted by atomic mass is 79.9. The van der Waals surface area contributed by atoms with Gasteiger partial charge in [-0.25, -0.2) is 4.98 Å². The van der Waals surface area contributed by atoms with Gasteiger partial charge in [0.25, 0.3) is 0 Å². The Morgan fingerprint density at radius 3 is 2.09 bits per heavy atom. The van der Waals surface area contributed by atoms with Crippen LogP contribution in [-0.2, 0) is 0 Å². The molecule has 0 aliphatic rings. The van der Waals surface area contributed by atoms with Gasteiger partial charge in [0.2, 0.25) is 0 Å². The van der Waals surface area contributed by atoms with Gasteiger partial charge in [-0.15, -0.1) is 0 Å². The zero-order valence-electron chi connectivity index (χ0n) is 7.48. The Balaban J connectivity index is 0.000000461. The van der Waals surface area contributed by atoms with Crippen LogP contribution in [0.5, 0.6) is 0 Å². The molecule has 0 saturated heterocycles. The van der Waals surface area contributed by atoms with E-state index < -0.39 is 0 Å². The fourth-order valence-corrected chi connectivity index (χ4v) is 1.43. The summed E-state index contributed by atoms with van der Waals surface area (Å²) < 4.78 is 0.917. The normalized spacial score (nSPS) is 8.45. The number of pyridine rings is 1. The van der Waals surface area contributed by atoms with E-state index in [0.717, 1.165) is 10.3 Å². The van der Waals surface area contributed by atoms with E-state index in [1.807, 2.05) is 32.9 Å². The van der Waals surface area contributed by atoms with E-state index in [9.17, 15) is 0 Å². The fraction of sp³-hybridized carbons (Fsp3) is 0.444. The van der Waals surface area contributed by atoms with Crippen LogP contribution in [-0.4, -0.2) is 4.98 Å². The highest BCUT2D eigenvalue weighted by Crippen LogP contribution is 2.09. The predicted molar refractivity (Wildman–Crippen MR) is 52.8 cm³/mol. The number of aryl methyl sites for hydroxylation is 2. The minimum absolute atomic E-state index is 0.917. The van der Waals surface area contributed by atoms with E-state index >= 15 is 0 Å². The summed E-state index contributed by atoms with van der Waals surface area (Å²) >= 11 is 3.30. The fourth-order valence-electron chi connectivity index (χ4n) is 0.792. The maximum Gasteiger partial charge on any atom is 0.106 e. The molecule has 62 valence electrons. The summed E-state index contributed by atoms with van der Waals surface area (Å²) in [5.41, 5.74) is 2.30. The molecule has 0 spiro atoms. The highest BCUT2D eigenvalue weighted by molar-refractivity contribution is 9.10. The molecular formula is C9H14BrN. The van der Waals surface area contributed by atoms with Crippen LogP contribution in [0.4, 0.5) is 0 Å². The Morgan fingerprint density at radius 2 is 1.73 bits per heavy atom. The second-order valence-electron chi connectivity index (χ2n) is 2.11. The number of nitrogens with zero attached hydrogens (tertiary/aromatic N) is 1. The first kappa shape index (κ1) is 10.6. The molecule has 2 heteroatoms. The van der Waals surface area contributed by atoms with Crippen molar-refractivity contribution in [2.75, 3.05) is 0 Å². The van der Waals surface area contributed by atoms with Gasteiger partial charge in [0.15, 0.2) is 0 Å². The van der Waals surface area contributed by atoms with Gasteiger partial charge in [-0.1, -0.05) is 13.8 Å². The number of rotatable bonds is 0. The maximum absolute atomic E-state index is 4.15. The van der Waals surface area contributed by atoms with E-state index in [2.05, 4.69) is 27.8 Å². The molecule has 0 fully saturated rings. The third-order valence-electron chi connectivity index (χ3n) is 1.07. The summed E-state index contributed by atoms with van der Waals surface area (Å²) in [6.07, 6.45) is 0. The van der Waals surface area contributed by atoms with E-state index in [1.54, 1.807) is 0 Å². The van der Waals surface area contributed by atoms with E-state index in [0.29, 0.717) is 0 Å². The third-order valence-corrected chi connectivity index (χ3v) is 1.47. The van der Waals surface area contributed by atoms with E-state index in [-0.39, 0.29) is 0 Å². The lowest BCUT2D eigenvalue weighted by molar-refractivity contribution is 1.14. The maximum atomic E-state index is 4.15. The molecule has 0 aliphatic heterocycles. The molecule has 0 bridgehead atoms. The molecule has 0 atom stereocenters. The van der Waals surface area contributed by atoms with E-state index in [4.69, 9.17) is 0 Å². The van der Waals surface area contributed by atoms with Crippen LogP contribution in [0.1, 0.15) is 25.1 Å². The minimum atomic E-state index is 0.917. The van der Waals surface area contributed by atoms with Crippen LogP contribution >= 0.6 is 15.9 Å². The zero-order chi connectivity index (χ0) is 8.85. The van der Waals surface area contributed by atoms with Crippen molar-refractivity contribution in [1.82, 2.24) is 4.98 Å². The Labute approximate surface area is 77.0 Å². The Hall–Kier alpha value is -0.370. The highest BCUT2D eigenvalue weighted by Gasteiger charge is 1.90. The van der Waals surface area contributed by atoms with Crippen molar-refractivity contribution < 1.29 is 0 Å².